The normalized spacial score (nSPS) is 13.5. The van der Waals surface area contributed by atoms with E-state index in [2.05, 4.69) is 25.7 Å². The molecule has 0 rings (SSSR count). The predicted molar refractivity (Wildman–Crippen MR) is 62.6 cm³/mol. The molecule has 0 saturated heterocycles. The minimum Gasteiger partial charge on any atom is -0.393 e. The highest BCUT2D eigenvalue weighted by Gasteiger charge is 2.06. The van der Waals surface area contributed by atoms with E-state index in [1.54, 1.807) is 0 Å². The van der Waals surface area contributed by atoms with Crippen LogP contribution in [0.5, 0.6) is 0 Å². The molecule has 0 aliphatic rings. The van der Waals surface area contributed by atoms with Gasteiger partial charge in [0.05, 0.1) is 6.10 Å². The molecule has 0 aliphatic carbocycles. The van der Waals surface area contributed by atoms with Crippen LogP contribution >= 0.6 is 0 Å². The summed E-state index contributed by atoms with van der Waals surface area (Å²) in [5, 5.41) is 9.61. The van der Waals surface area contributed by atoms with Gasteiger partial charge in [0.2, 0.25) is 0 Å². The summed E-state index contributed by atoms with van der Waals surface area (Å²) in [5.41, 5.74) is 0. The van der Waals surface area contributed by atoms with Crippen molar-refractivity contribution in [3.05, 3.63) is 0 Å². The van der Waals surface area contributed by atoms with Crippen molar-refractivity contribution in [1.82, 2.24) is 4.90 Å². The molecule has 0 fully saturated rings. The molecule has 1 N–H and O–H groups in total. The van der Waals surface area contributed by atoms with E-state index < -0.39 is 0 Å². The molecular weight excluding hydrogens is 174 g/mol. The molecule has 0 saturated carbocycles. The average Bonchev–Trinajstić information content (AvgIpc) is 2.15. The van der Waals surface area contributed by atoms with Crippen molar-refractivity contribution in [2.45, 2.75) is 59.0 Å². The van der Waals surface area contributed by atoms with Gasteiger partial charge in [0.15, 0.2) is 0 Å². The van der Waals surface area contributed by atoms with Crippen molar-refractivity contribution in [2.24, 2.45) is 0 Å². The van der Waals surface area contributed by atoms with Crippen LogP contribution in [0.2, 0.25) is 0 Å². The van der Waals surface area contributed by atoms with Crippen LogP contribution in [0.1, 0.15) is 52.9 Å². The molecule has 0 radical (unpaired) electrons. The Kier molecular flexibility index (Phi) is 9.42. The number of hydrogen-bond acceptors (Lipinski definition) is 2. The molecule has 1 unspecified atom stereocenters. The first-order chi connectivity index (χ1) is 6.74. The fraction of sp³-hybridized carbons (Fsp3) is 1.00. The molecule has 0 aliphatic heterocycles. The first-order valence-electron chi connectivity index (χ1n) is 6.14. The lowest BCUT2D eigenvalue weighted by Crippen LogP contribution is -2.29. The second-order valence-corrected chi connectivity index (χ2v) is 4.07. The Morgan fingerprint density at radius 3 is 1.86 bits per heavy atom. The summed E-state index contributed by atoms with van der Waals surface area (Å²) in [5.74, 6) is 0. The summed E-state index contributed by atoms with van der Waals surface area (Å²) in [6.45, 7) is 9.96. The van der Waals surface area contributed by atoms with Gasteiger partial charge in [0.1, 0.15) is 0 Å². The van der Waals surface area contributed by atoms with Crippen LogP contribution in [0, 0.1) is 0 Å². The van der Waals surface area contributed by atoms with Gasteiger partial charge in [-0.1, -0.05) is 27.2 Å². The van der Waals surface area contributed by atoms with Crippen molar-refractivity contribution in [1.29, 1.82) is 0 Å². The molecule has 0 heterocycles. The number of aliphatic hydroxyl groups is 1. The maximum Gasteiger partial charge on any atom is 0.0552 e. The Morgan fingerprint density at radius 2 is 1.43 bits per heavy atom. The van der Waals surface area contributed by atoms with Crippen LogP contribution in [0.4, 0.5) is 0 Å². The van der Waals surface area contributed by atoms with Gasteiger partial charge in [-0.2, -0.15) is 0 Å². The number of hydrogen-bond donors (Lipinski definition) is 1. The average molecular weight is 201 g/mol. The lowest BCUT2D eigenvalue weighted by molar-refractivity contribution is 0.131. The van der Waals surface area contributed by atoms with E-state index in [0.717, 1.165) is 25.8 Å². The van der Waals surface area contributed by atoms with E-state index in [0.29, 0.717) is 0 Å². The van der Waals surface area contributed by atoms with Crippen LogP contribution in [0.25, 0.3) is 0 Å². The van der Waals surface area contributed by atoms with Gasteiger partial charge in [-0.25, -0.2) is 0 Å². The first kappa shape index (κ1) is 13.9. The molecule has 14 heavy (non-hydrogen) atoms. The molecule has 0 spiro atoms. The molecule has 0 aromatic rings. The standard InChI is InChI=1S/C12H27NO/c1-4-7-12(14)8-11-13(9-5-2)10-6-3/h12,14H,4-11H2,1-3H3. The molecule has 0 aromatic carbocycles. The van der Waals surface area contributed by atoms with Gasteiger partial charge < -0.3 is 10.0 Å². The molecule has 2 heteroatoms. The van der Waals surface area contributed by atoms with Crippen LogP contribution in [0.15, 0.2) is 0 Å². The van der Waals surface area contributed by atoms with E-state index in [-0.39, 0.29) is 6.10 Å². The highest BCUT2D eigenvalue weighted by Crippen LogP contribution is 2.04. The summed E-state index contributed by atoms with van der Waals surface area (Å²) < 4.78 is 0. The van der Waals surface area contributed by atoms with Crippen LogP contribution in [0.3, 0.4) is 0 Å². The van der Waals surface area contributed by atoms with E-state index in [1.165, 1.54) is 25.9 Å². The SMILES string of the molecule is CCCC(O)CCN(CCC)CCC. The zero-order chi connectivity index (χ0) is 10.8. The summed E-state index contributed by atoms with van der Waals surface area (Å²) in [6.07, 6.45) is 5.31. The van der Waals surface area contributed by atoms with Crippen LogP contribution < -0.4 is 0 Å². The Balaban J connectivity index is 3.57. The van der Waals surface area contributed by atoms with Gasteiger partial charge in [-0.3, -0.25) is 0 Å². The molecule has 0 amide bonds. The smallest absolute Gasteiger partial charge is 0.0552 e. The summed E-state index contributed by atoms with van der Waals surface area (Å²) >= 11 is 0. The van der Waals surface area contributed by atoms with Crippen molar-refractivity contribution in [2.75, 3.05) is 19.6 Å². The first-order valence-corrected chi connectivity index (χ1v) is 6.14. The minimum atomic E-state index is -0.0868. The zero-order valence-electron chi connectivity index (χ0n) is 10.1. The van der Waals surface area contributed by atoms with Gasteiger partial charge in [-0.15, -0.1) is 0 Å². The van der Waals surface area contributed by atoms with Gasteiger partial charge in [-0.05, 0) is 38.8 Å². The maximum absolute atomic E-state index is 9.61. The maximum atomic E-state index is 9.61. The largest absolute Gasteiger partial charge is 0.393 e. The second-order valence-electron chi connectivity index (χ2n) is 4.07. The Morgan fingerprint density at radius 1 is 0.857 bits per heavy atom. The number of aliphatic hydroxyl groups excluding tert-OH is 1. The highest BCUT2D eigenvalue weighted by atomic mass is 16.3. The topological polar surface area (TPSA) is 23.5 Å². The summed E-state index contributed by atoms with van der Waals surface area (Å²) in [7, 11) is 0. The van der Waals surface area contributed by atoms with Crippen molar-refractivity contribution < 1.29 is 5.11 Å². The van der Waals surface area contributed by atoms with E-state index in [9.17, 15) is 5.11 Å². The molecule has 86 valence electrons. The fourth-order valence-corrected chi connectivity index (χ4v) is 1.78. The minimum absolute atomic E-state index is 0.0868. The molecule has 0 aromatic heterocycles. The van der Waals surface area contributed by atoms with Gasteiger partial charge in [0.25, 0.3) is 0 Å². The van der Waals surface area contributed by atoms with Crippen molar-refractivity contribution in [3.8, 4) is 0 Å². The predicted octanol–water partition coefficient (Wildman–Crippen LogP) is 2.66. The van der Waals surface area contributed by atoms with Crippen molar-refractivity contribution >= 4 is 0 Å². The number of rotatable bonds is 9. The zero-order valence-corrected chi connectivity index (χ0v) is 10.1. The second kappa shape index (κ2) is 9.47. The van der Waals surface area contributed by atoms with E-state index >= 15 is 0 Å². The molecular formula is C12H27NO. The van der Waals surface area contributed by atoms with Crippen LogP contribution in [-0.4, -0.2) is 35.7 Å². The quantitative estimate of drug-likeness (QED) is 0.620. The van der Waals surface area contributed by atoms with Crippen molar-refractivity contribution in [3.63, 3.8) is 0 Å². The lowest BCUT2D eigenvalue weighted by atomic mass is 10.1. The van der Waals surface area contributed by atoms with Gasteiger partial charge in [0, 0.05) is 6.54 Å². The summed E-state index contributed by atoms with van der Waals surface area (Å²) in [4.78, 5) is 2.46. The number of nitrogens with zero attached hydrogens (tertiary/aromatic N) is 1. The highest BCUT2D eigenvalue weighted by molar-refractivity contribution is 4.61. The third kappa shape index (κ3) is 7.34. The third-order valence-corrected chi connectivity index (χ3v) is 2.48. The van der Waals surface area contributed by atoms with E-state index in [4.69, 9.17) is 0 Å². The Labute approximate surface area is 89.3 Å². The molecule has 0 bridgehead atoms. The monoisotopic (exact) mass is 201 g/mol. The molecule has 1 atom stereocenters. The van der Waals surface area contributed by atoms with E-state index in [1.807, 2.05) is 0 Å². The third-order valence-electron chi connectivity index (χ3n) is 2.48. The van der Waals surface area contributed by atoms with Gasteiger partial charge >= 0.3 is 0 Å². The molecule has 2 nitrogen and oxygen atoms in total. The fourth-order valence-electron chi connectivity index (χ4n) is 1.78. The lowest BCUT2D eigenvalue weighted by Gasteiger charge is -2.22. The Hall–Kier alpha value is -0.0800. The Bertz CT molecular complexity index is 111. The summed E-state index contributed by atoms with van der Waals surface area (Å²) in [6, 6.07) is 0. The van der Waals surface area contributed by atoms with Crippen LogP contribution in [-0.2, 0) is 0 Å².